The maximum absolute atomic E-state index is 13.1. The van der Waals surface area contributed by atoms with Crippen LogP contribution in [0.25, 0.3) is 16.9 Å². The Labute approximate surface area is 206 Å². The number of aromatic nitrogens is 2. The Morgan fingerprint density at radius 2 is 1.51 bits per heavy atom. The quantitative estimate of drug-likeness (QED) is 0.387. The van der Waals surface area contributed by atoms with Gasteiger partial charge in [0.1, 0.15) is 6.54 Å². The van der Waals surface area contributed by atoms with Crippen LogP contribution in [0.3, 0.4) is 0 Å². The highest BCUT2D eigenvalue weighted by Crippen LogP contribution is 2.25. The van der Waals surface area contributed by atoms with Crippen LogP contribution in [-0.4, -0.2) is 39.4 Å². The fourth-order valence-electron chi connectivity index (χ4n) is 3.88. The van der Waals surface area contributed by atoms with Crippen LogP contribution in [-0.2, 0) is 4.79 Å². The van der Waals surface area contributed by atoms with Gasteiger partial charge in [-0.15, -0.1) is 0 Å². The Hall–Kier alpha value is -4.19. The van der Waals surface area contributed by atoms with Crippen molar-refractivity contribution >= 4 is 17.8 Å². The third-order valence-corrected chi connectivity index (χ3v) is 6.00. The Balaban J connectivity index is 1.60. The zero-order chi connectivity index (χ0) is 24.9. The number of benzene rings is 3. The van der Waals surface area contributed by atoms with Gasteiger partial charge >= 0.3 is 0 Å². The molecular formula is C29H30N4O2. The van der Waals surface area contributed by atoms with Crippen molar-refractivity contribution in [1.82, 2.24) is 14.5 Å². The standard InChI is InChI=1S/C29H30N4O2/c1-5-32(28(35)25-9-7-6-8-22(25)4)19-27(34)31-29-30-26(23-14-10-20(2)11-15-23)18-33(29)24-16-12-21(3)13-17-24/h6-18H,5,19H2,1-4H3,(H,30,31,34). The molecule has 0 saturated heterocycles. The van der Waals surface area contributed by atoms with E-state index < -0.39 is 0 Å². The first-order chi connectivity index (χ1) is 16.9. The summed E-state index contributed by atoms with van der Waals surface area (Å²) >= 11 is 0. The van der Waals surface area contributed by atoms with Crippen LogP contribution in [0.1, 0.15) is 34.0 Å². The van der Waals surface area contributed by atoms with Crippen LogP contribution in [0, 0.1) is 20.8 Å². The highest BCUT2D eigenvalue weighted by Gasteiger charge is 2.20. The van der Waals surface area contributed by atoms with Crippen molar-refractivity contribution < 1.29 is 9.59 Å². The molecule has 4 rings (SSSR count). The van der Waals surface area contributed by atoms with Crippen molar-refractivity contribution in [3.05, 3.63) is 101 Å². The Kier molecular flexibility index (Phi) is 7.11. The van der Waals surface area contributed by atoms with E-state index in [1.807, 2.05) is 105 Å². The van der Waals surface area contributed by atoms with Gasteiger partial charge in [0.05, 0.1) is 5.69 Å². The number of rotatable bonds is 7. The molecule has 0 aliphatic rings. The average molecular weight is 467 g/mol. The van der Waals surface area contributed by atoms with Crippen LogP contribution in [0.5, 0.6) is 0 Å². The summed E-state index contributed by atoms with van der Waals surface area (Å²) in [6.07, 6.45) is 1.92. The number of hydrogen-bond acceptors (Lipinski definition) is 3. The van der Waals surface area contributed by atoms with Gasteiger partial charge in [0, 0.05) is 29.6 Å². The van der Waals surface area contributed by atoms with E-state index in [1.165, 1.54) is 10.5 Å². The van der Waals surface area contributed by atoms with E-state index in [0.29, 0.717) is 18.1 Å². The number of nitrogens with one attached hydrogen (secondary N) is 1. The van der Waals surface area contributed by atoms with E-state index in [1.54, 1.807) is 6.07 Å². The molecule has 0 atom stereocenters. The summed E-state index contributed by atoms with van der Waals surface area (Å²) in [5, 5.41) is 2.93. The van der Waals surface area contributed by atoms with Crippen LogP contribution in [0.4, 0.5) is 5.95 Å². The lowest BCUT2D eigenvalue weighted by molar-refractivity contribution is -0.116. The summed E-state index contributed by atoms with van der Waals surface area (Å²) in [4.78, 5) is 32.4. The largest absolute Gasteiger partial charge is 0.330 e. The minimum absolute atomic E-state index is 0.0652. The number of carbonyl (C=O) groups excluding carboxylic acids is 2. The normalized spacial score (nSPS) is 10.7. The summed E-state index contributed by atoms with van der Waals surface area (Å²) in [6.45, 7) is 8.19. The third-order valence-electron chi connectivity index (χ3n) is 6.00. The van der Waals surface area contributed by atoms with Gasteiger partial charge in [-0.2, -0.15) is 0 Å². The smallest absolute Gasteiger partial charge is 0.254 e. The molecule has 0 unspecified atom stereocenters. The number of anilines is 1. The van der Waals surface area contributed by atoms with Crippen molar-refractivity contribution in [2.45, 2.75) is 27.7 Å². The van der Waals surface area contributed by atoms with E-state index in [9.17, 15) is 9.59 Å². The number of nitrogens with zero attached hydrogens (tertiary/aromatic N) is 3. The Bertz CT molecular complexity index is 1340. The molecule has 2 amide bonds. The topological polar surface area (TPSA) is 67.2 Å². The van der Waals surface area contributed by atoms with E-state index >= 15 is 0 Å². The molecule has 1 aromatic heterocycles. The minimum Gasteiger partial charge on any atom is -0.330 e. The van der Waals surface area contributed by atoms with Gasteiger partial charge in [-0.25, -0.2) is 4.98 Å². The van der Waals surface area contributed by atoms with Gasteiger partial charge in [0.2, 0.25) is 11.9 Å². The highest BCUT2D eigenvalue weighted by molar-refractivity contribution is 5.99. The van der Waals surface area contributed by atoms with Crippen LogP contribution in [0.2, 0.25) is 0 Å². The molecule has 0 aliphatic carbocycles. The minimum atomic E-state index is -0.303. The summed E-state index contributed by atoms with van der Waals surface area (Å²) in [5.74, 6) is -0.0556. The molecule has 0 bridgehead atoms. The van der Waals surface area contributed by atoms with E-state index in [0.717, 1.165) is 28.1 Å². The molecule has 6 nitrogen and oxygen atoms in total. The van der Waals surface area contributed by atoms with E-state index in [-0.39, 0.29) is 18.4 Å². The predicted molar refractivity (Wildman–Crippen MR) is 140 cm³/mol. The summed E-state index contributed by atoms with van der Waals surface area (Å²) in [6, 6.07) is 23.5. The SMILES string of the molecule is CCN(CC(=O)Nc1nc(-c2ccc(C)cc2)cn1-c1ccc(C)cc1)C(=O)c1ccccc1C. The molecule has 0 spiro atoms. The molecule has 1 heterocycles. The first-order valence-electron chi connectivity index (χ1n) is 11.7. The van der Waals surface area contributed by atoms with Crippen LogP contribution in [0.15, 0.2) is 79.0 Å². The van der Waals surface area contributed by atoms with Gasteiger partial charge in [0.15, 0.2) is 0 Å². The van der Waals surface area contributed by atoms with Gasteiger partial charge in [-0.3, -0.25) is 19.5 Å². The zero-order valence-electron chi connectivity index (χ0n) is 20.6. The van der Waals surface area contributed by atoms with Crippen molar-refractivity contribution in [2.24, 2.45) is 0 Å². The monoisotopic (exact) mass is 466 g/mol. The summed E-state index contributed by atoms with van der Waals surface area (Å²) in [7, 11) is 0. The maximum Gasteiger partial charge on any atom is 0.254 e. The Morgan fingerprint density at radius 1 is 0.886 bits per heavy atom. The number of likely N-dealkylation sites (N-methyl/N-ethyl adjacent to an activating group) is 1. The molecule has 0 radical (unpaired) electrons. The highest BCUT2D eigenvalue weighted by atomic mass is 16.2. The maximum atomic E-state index is 13.1. The lowest BCUT2D eigenvalue weighted by Gasteiger charge is -2.21. The molecule has 0 saturated carbocycles. The van der Waals surface area contributed by atoms with Crippen molar-refractivity contribution in [2.75, 3.05) is 18.4 Å². The fraction of sp³-hybridized carbons (Fsp3) is 0.207. The average Bonchev–Trinajstić information content (AvgIpc) is 3.26. The van der Waals surface area contributed by atoms with Crippen LogP contribution >= 0.6 is 0 Å². The molecule has 6 heteroatoms. The molecule has 4 aromatic rings. The first-order valence-corrected chi connectivity index (χ1v) is 11.7. The molecule has 35 heavy (non-hydrogen) atoms. The number of carbonyl (C=O) groups is 2. The number of imidazole rings is 1. The lowest BCUT2D eigenvalue weighted by atomic mass is 10.1. The van der Waals surface area contributed by atoms with Gasteiger partial charge < -0.3 is 4.90 Å². The van der Waals surface area contributed by atoms with E-state index in [2.05, 4.69) is 5.32 Å². The number of aryl methyl sites for hydroxylation is 3. The molecular weight excluding hydrogens is 436 g/mol. The predicted octanol–water partition coefficient (Wildman–Crippen LogP) is 5.57. The van der Waals surface area contributed by atoms with Gasteiger partial charge in [0.25, 0.3) is 5.91 Å². The molecule has 1 N–H and O–H groups in total. The fourth-order valence-corrected chi connectivity index (χ4v) is 3.88. The van der Waals surface area contributed by atoms with Crippen LogP contribution < -0.4 is 5.32 Å². The molecule has 0 aliphatic heterocycles. The Morgan fingerprint density at radius 3 is 2.14 bits per heavy atom. The second kappa shape index (κ2) is 10.4. The second-order valence-electron chi connectivity index (χ2n) is 8.70. The van der Waals surface area contributed by atoms with Crippen molar-refractivity contribution in [3.8, 4) is 16.9 Å². The molecule has 0 fully saturated rings. The van der Waals surface area contributed by atoms with Gasteiger partial charge in [-0.1, -0.05) is 65.7 Å². The number of hydrogen-bond donors (Lipinski definition) is 1. The van der Waals surface area contributed by atoms with Crippen molar-refractivity contribution in [3.63, 3.8) is 0 Å². The summed E-state index contributed by atoms with van der Waals surface area (Å²) < 4.78 is 1.87. The number of amides is 2. The van der Waals surface area contributed by atoms with Gasteiger partial charge in [-0.05, 0) is 51.5 Å². The second-order valence-corrected chi connectivity index (χ2v) is 8.70. The van der Waals surface area contributed by atoms with Crippen molar-refractivity contribution in [1.29, 1.82) is 0 Å². The molecule has 3 aromatic carbocycles. The summed E-state index contributed by atoms with van der Waals surface area (Å²) in [5.41, 5.74) is 6.40. The zero-order valence-corrected chi connectivity index (χ0v) is 20.6. The lowest BCUT2D eigenvalue weighted by Crippen LogP contribution is -2.38. The van der Waals surface area contributed by atoms with E-state index in [4.69, 9.17) is 4.98 Å². The first kappa shape index (κ1) is 24.0. The molecule has 178 valence electrons. The third kappa shape index (κ3) is 5.49.